The van der Waals surface area contributed by atoms with Gasteiger partial charge in [-0.2, -0.15) is 0 Å². The monoisotopic (exact) mass is 265 g/mol. The molecule has 3 rings (SSSR count). The van der Waals surface area contributed by atoms with E-state index < -0.39 is 0 Å². The summed E-state index contributed by atoms with van der Waals surface area (Å²) >= 11 is 0. The van der Waals surface area contributed by atoms with Crippen LogP contribution in [0.15, 0.2) is 42.5 Å². The Bertz CT molecular complexity index is 598. The quantitative estimate of drug-likeness (QED) is 0.802. The van der Waals surface area contributed by atoms with Crippen LogP contribution in [0.5, 0.6) is 0 Å². The Labute approximate surface area is 122 Å². The zero-order valence-corrected chi connectivity index (χ0v) is 12.6. The molecule has 1 nitrogen and oxygen atoms in total. The summed E-state index contributed by atoms with van der Waals surface area (Å²) in [6.45, 7) is 6.70. The zero-order valence-electron chi connectivity index (χ0n) is 12.6. The number of aryl methyl sites for hydroxylation is 1. The molecule has 1 N–H and O–H groups in total. The van der Waals surface area contributed by atoms with Gasteiger partial charge in [0.1, 0.15) is 0 Å². The number of nitrogens with one attached hydrogen (secondary N) is 1. The number of benzene rings is 2. The lowest BCUT2D eigenvalue weighted by atomic mass is 9.95. The van der Waals surface area contributed by atoms with Gasteiger partial charge < -0.3 is 5.32 Å². The van der Waals surface area contributed by atoms with E-state index in [2.05, 4.69) is 68.6 Å². The molecule has 0 saturated heterocycles. The van der Waals surface area contributed by atoms with Crippen LogP contribution in [-0.4, -0.2) is 0 Å². The van der Waals surface area contributed by atoms with Gasteiger partial charge in [-0.3, -0.25) is 0 Å². The molecule has 2 unspecified atom stereocenters. The van der Waals surface area contributed by atoms with Crippen LogP contribution in [-0.2, 0) is 6.42 Å². The van der Waals surface area contributed by atoms with E-state index in [-0.39, 0.29) is 0 Å². The highest BCUT2D eigenvalue weighted by atomic mass is 14.9. The second-order valence-corrected chi connectivity index (χ2v) is 6.04. The van der Waals surface area contributed by atoms with E-state index in [1.54, 1.807) is 0 Å². The van der Waals surface area contributed by atoms with Gasteiger partial charge in [0.2, 0.25) is 0 Å². The minimum Gasteiger partial charge on any atom is -0.378 e. The van der Waals surface area contributed by atoms with Crippen LogP contribution >= 0.6 is 0 Å². The Hall–Kier alpha value is -1.76. The van der Waals surface area contributed by atoms with Crippen molar-refractivity contribution < 1.29 is 0 Å². The lowest BCUT2D eigenvalue weighted by molar-refractivity contribution is 0.732. The van der Waals surface area contributed by atoms with Crippen molar-refractivity contribution in [1.29, 1.82) is 0 Å². The van der Waals surface area contributed by atoms with Crippen LogP contribution in [0.4, 0.5) is 5.69 Å². The fourth-order valence-electron chi connectivity index (χ4n) is 2.92. The average Bonchev–Trinajstić information content (AvgIpc) is 2.90. The SMILES string of the molecule is CCC(C)c1ccc2c(c1)CC(c1ccc(C)cc1)N2. The molecule has 0 radical (unpaired) electrons. The van der Waals surface area contributed by atoms with Crippen LogP contribution in [0.2, 0.25) is 0 Å². The van der Waals surface area contributed by atoms with Crippen molar-refractivity contribution in [3.05, 3.63) is 64.7 Å². The third-order valence-electron chi connectivity index (χ3n) is 4.54. The van der Waals surface area contributed by atoms with Gasteiger partial charge in [-0.05, 0) is 48.4 Å². The topological polar surface area (TPSA) is 12.0 Å². The average molecular weight is 265 g/mol. The Balaban J connectivity index is 1.83. The van der Waals surface area contributed by atoms with Gasteiger partial charge in [-0.1, -0.05) is 55.8 Å². The van der Waals surface area contributed by atoms with Crippen LogP contribution in [0, 0.1) is 6.92 Å². The van der Waals surface area contributed by atoms with Gasteiger partial charge in [0.25, 0.3) is 0 Å². The van der Waals surface area contributed by atoms with Gasteiger partial charge in [-0.25, -0.2) is 0 Å². The van der Waals surface area contributed by atoms with Crippen molar-refractivity contribution in [2.45, 2.75) is 45.6 Å². The van der Waals surface area contributed by atoms with Crippen LogP contribution < -0.4 is 5.32 Å². The molecule has 1 heterocycles. The summed E-state index contributed by atoms with van der Waals surface area (Å²) < 4.78 is 0. The Morgan fingerprint density at radius 3 is 2.60 bits per heavy atom. The number of rotatable bonds is 3. The standard InChI is InChI=1S/C19H23N/c1-4-14(3)16-9-10-18-17(11-16)12-19(20-18)15-7-5-13(2)6-8-15/h5-11,14,19-20H,4,12H2,1-3H3. The van der Waals surface area contributed by atoms with E-state index in [4.69, 9.17) is 0 Å². The molecule has 2 atom stereocenters. The van der Waals surface area contributed by atoms with E-state index >= 15 is 0 Å². The number of fused-ring (bicyclic) bond motifs is 1. The van der Waals surface area contributed by atoms with Gasteiger partial charge in [0, 0.05) is 5.69 Å². The van der Waals surface area contributed by atoms with Crippen molar-refractivity contribution in [3.8, 4) is 0 Å². The van der Waals surface area contributed by atoms with Crippen molar-refractivity contribution >= 4 is 5.69 Å². The summed E-state index contributed by atoms with van der Waals surface area (Å²) in [4.78, 5) is 0. The first-order valence-corrected chi connectivity index (χ1v) is 7.63. The molecule has 104 valence electrons. The molecule has 0 spiro atoms. The molecule has 20 heavy (non-hydrogen) atoms. The van der Waals surface area contributed by atoms with E-state index in [1.807, 2.05) is 0 Å². The van der Waals surface area contributed by atoms with Crippen molar-refractivity contribution in [2.75, 3.05) is 5.32 Å². The summed E-state index contributed by atoms with van der Waals surface area (Å²) in [6, 6.07) is 16.2. The maximum Gasteiger partial charge on any atom is 0.0555 e. The fourth-order valence-corrected chi connectivity index (χ4v) is 2.92. The second kappa shape index (κ2) is 5.32. The fraction of sp³-hybridized carbons (Fsp3) is 0.368. The smallest absolute Gasteiger partial charge is 0.0555 e. The first kappa shape index (κ1) is 13.2. The number of hydrogen-bond donors (Lipinski definition) is 1. The van der Waals surface area contributed by atoms with Crippen molar-refractivity contribution in [1.82, 2.24) is 0 Å². The lowest BCUT2D eigenvalue weighted by Gasteiger charge is -2.11. The maximum atomic E-state index is 3.65. The van der Waals surface area contributed by atoms with E-state index in [0.29, 0.717) is 12.0 Å². The molecule has 0 amide bonds. The molecule has 1 aliphatic rings. The summed E-state index contributed by atoms with van der Waals surface area (Å²) in [5.41, 5.74) is 6.95. The van der Waals surface area contributed by atoms with Gasteiger partial charge in [-0.15, -0.1) is 0 Å². The lowest BCUT2D eigenvalue weighted by Crippen LogP contribution is -2.05. The van der Waals surface area contributed by atoms with Gasteiger partial charge in [0.05, 0.1) is 6.04 Å². The molecule has 1 heteroatoms. The molecule has 1 aliphatic heterocycles. The summed E-state index contributed by atoms with van der Waals surface area (Å²) in [5, 5.41) is 3.65. The van der Waals surface area contributed by atoms with Gasteiger partial charge in [0.15, 0.2) is 0 Å². The predicted octanol–water partition coefficient (Wildman–Crippen LogP) is 5.22. The molecule has 2 aromatic carbocycles. The number of hydrogen-bond acceptors (Lipinski definition) is 1. The third kappa shape index (κ3) is 2.45. The first-order chi connectivity index (χ1) is 9.67. The highest BCUT2D eigenvalue weighted by molar-refractivity contribution is 5.59. The minimum absolute atomic E-state index is 0.429. The molecule has 0 bridgehead atoms. The molecule has 2 aromatic rings. The molecular formula is C19H23N. The largest absolute Gasteiger partial charge is 0.378 e. The second-order valence-electron chi connectivity index (χ2n) is 6.04. The Kier molecular flexibility index (Phi) is 3.52. The summed E-state index contributed by atoms with van der Waals surface area (Å²) in [7, 11) is 0. The first-order valence-electron chi connectivity index (χ1n) is 7.63. The third-order valence-corrected chi connectivity index (χ3v) is 4.54. The number of anilines is 1. The molecule has 0 aliphatic carbocycles. The Morgan fingerprint density at radius 2 is 1.90 bits per heavy atom. The Morgan fingerprint density at radius 1 is 1.15 bits per heavy atom. The summed E-state index contributed by atoms with van der Waals surface area (Å²) in [6.07, 6.45) is 2.30. The van der Waals surface area contributed by atoms with Gasteiger partial charge >= 0.3 is 0 Å². The van der Waals surface area contributed by atoms with Crippen LogP contribution in [0.25, 0.3) is 0 Å². The van der Waals surface area contributed by atoms with Crippen molar-refractivity contribution in [3.63, 3.8) is 0 Å². The van der Waals surface area contributed by atoms with Crippen molar-refractivity contribution in [2.24, 2.45) is 0 Å². The summed E-state index contributed by atoms with van der Waals surface area (Å²) in [5.74, 6) is 0.652. The zero-order chi connectivity index (χ0) is 14.1. The molecular weight excluding hydrogens is 242 g/mol. The molecule has 0 saturated carbocycles. The van der Waals surface area contributed by atoms with E-state index in [0.717, 1.165) is 6.42 Å². The minimum atomic E-state index is 0.429. The maximum absolute atomic E-state index is 3.65. The molecule has 0 fully saturated rings. The predicted molar refractivity (Wildman–Crippen MR) is 86.4 cm³/mol. The van der Waals surface area contributed by atoms with Crippen LogP contribution in [0.3, 0.4) is 0 Å². The highest BCUT2D eigenvalue weighted by Gasteiger charge is 2.22. The van der Waals surface area contributed by atoms with E-state index in [1.165, 1.54) is 34.4 Å². The molecule has 0 aromatic heterocycles. The normalized spacial score (nSPS) is 18.4. The van der Waals surface area contributed by atoms with E-state index in [9.17, 15) is 0 Å². The van der Waals surface area contributed by atoms with Crippen LogP contribution in [0.1, 0.15) is 54.5 Å². The highest BCUT2D eigenvalue weighted by Crippen LogP contribution is 2.36.